The van der Waals surface area contributed by atoms with Gasteiger partial charge in [-0.05, 0) is 25.1 Å². The molecule has 3 heteroatoms. The van der Waals surface area contributed by atoms with Crippen LogP contribution in [-0.2, 0) is 0 Å². The maximum atomic E-state index is 2.38. The van der Waals surface area contributed by atoms with Gasteiger partial charge in [0.05, 0.1) is 0 Å². The maximum absolute atomic E-state index is 2.38. The van der Waals surface area contributed by atoms with E-state index in [0.717, 1.165) is 0 Å². The molecule has 0 aliphatic rings. The fourth-order valence-corrected chi connectivity index (χ4v) is 3.68. The van der Waals surface area contributed by atoms with E-state index in [1.165, 1.54) is 31.5 Å². The lowest BCUT2D eigenvalue weighted by Crippen LogP contribution is -3.00. The minimum atomic E-state index is 0. The van der Waals surface area contributed by atoms with Gasteiger partial charge in [-0.2, -0.15) is 0 Å². The number of thiazole rings is 1. The maximum Gasteiger partial charge on any atom is 0.268 e. The molecule has 1 nitrogen and oxygen atoms in total. The molecule has 0 N–H and O–H groups in total. The van der Waals surface area contributed by atoms with Crippen LogP contribution in [0.2, 0.25) is 0 Å². The van der Waals surface area contributed by atoms with Gasteiger partial charge in [0.2, 0.25) is 11.0 Å². The van der Waals surface area contributed by atoms with Crippen molar-refractivity contribution in [3.05, 3.63) is 60.2 Å². The molecule has 2 aromatic heterocycles. The number of pyridine rings is 1. The Morgan fingerprint density at radius 2 is 1.74 bits per heavy atom. The van der Waals surface area contributed by atoms with E-state index in [1.807, 2.05) is 11.3 Å². The summed E-state index contributed by atoms with van der Waals surface area (Å²) in [4.78, 5) is 1.30. The number of para-hydroxylation sites is 2. The first-order valence-corrected chi connectivity index (χ1v) is 6.88. The summed E-state index contributed by atoms with van der Waals surface area (Å²) in [7, 11) is 0. The van der Waals surface area contributed by atoms with Crippen molar-refractivity contribution in [3.63, 3.8) is 0 Å². The number of fused-ring (bicyclic) bond motifs is 5. The molecule has 0 bridgehead atoms. The highest BCUT2D eigenvalue weighted by Gasteiger charge is 2.17. The molecule has 0 aliphatic heterocycles. The van der Waals surface area contributed by atoms with Gasteiger partial charge in [0.1, 0.15) is 4.70 Å². The van der Waals surface area contributed by atoms with Crippen LogP contribution < -0.4 is 16.8 Å². The SMILES string of the molecule is Cc1cccc2ccc3sc4ccccc4[n+]3c12.[Cl-]. The summed E-state index contributed by atoms with van der Waals surface area (Å²) in [5.41, 5.74) is 3.96. The van der Waals surface area contributed by atoms with E-state index in [1.54, 1.807) is 0 Å². The second kappa shape index (κ2) is 4.48. The standard InChI is InChI=1S/C16H12NS.ClH/c1-11-5-4-6-12-9-10-15-17(16(11)12)13-7-2-3-8-14(13)18-15;/h2-10H,1H3;1H/q+1;/p-1. The molecule has 0 saturated heterocycles. The Bertz CT molecular complexity index is 895. The van der Waals surface area contributed by atoms with E-state index < -0.39 is 0 Å². The highest BCUT2D eigenvalue weighted by atomic mass is 35.5. The first-order chi connectivity index (χ1) is 8.84. The zero-order valence-electron chi connectivity index (χ0n) is 10.4. The molecule has 0 fully saturated rings. The van der Waals surface area contributed by atoms with Gasteiger partial charge >= 0.3 is 0 Å². The third kappa shape index (κ3) is 1.71. The van der Waals surface area contributed by atoms with Crippen molar-refractivity contribution in [1.29, 1.82) is 0 Å². The molecule has 2 aromatic carbocycles. The summed E-state index contributed by atoms with van der Waals surface area (Å²) in [6.45, 7) is 2.18. The predicted molar refractivity (Wildman–Crippen MR) is 77.2 cm³/mol. The van der Waals surface area contributed by atoms with Crippen LogP contribution >= 0.6 is 11.3 Å². The number of aromatic nitrogens is 1. The van der Waals surface area contributed by atoms with Crippen molar-refractivity contribution < 1.29 is 16.8 Å². The highest BCUT2D eigenvalue weighted by Crippen LogP contribution is 2.25. The molecule has 2 heterocycles. The molecular formula is C16H12ClNS. The van der Waals surface area contributed by atoms with E-state index in [2.05, 4.69) is 65.9 Å². The summed E-state index contributed by atoms with van der Waals surface area (Å²) in [6.07, 6.45) is 0. The van der Waals surface area contributed by atoms with Gasteiger partial charge in [-0.15, -0.1) is 4.40 Å². The Labute approximate surface area is 121 Å². The van der Waals surface area contributed by atoms with E-state index >= 15 is 0 Å². The molecular weight excluding hydrogens is 274 g/mol. The summed E-state index contributed by atoms with van der Waals surface area (Å²) < 4.78 is 3.72. The summed E-state index contributed by atoms with van der Waals surface area (Å²) >= 11 is 1.85. The van der Waals surface area contributed by atoms with Crippen molar-refractivity contribution in [1.82, 2.24) is 0 Å². The third-order valence-electron chi connectivity index (χ3n) is 3.44. The number of rotatable bonds is 0. The first kappa shape index (κ1) is 12.4. The molecule has 0 amide bonds. The monoisotopic (exact) mass is 285 g/mol. The molecule has 4 aromatic rings. The van der Waals surface area contributed by atoms with Crippen molar-refractivity contribution in [2.75, 3.05) is 0 Å². The lowest BCUT2D eigenvalue weighted by atomic mass is 10.1. The van der Waals surface area contributed by atoms with Gasteiger partial charge in [-0.3, -0.25) is 0 Å². The second-order valence-corrected chi connectivity index (χ2v) is 5.65. The Morgan fingerprint density at radius 1 is 0.895 bits per heavy atom. The number of benzene rings is 2. The number of aryl methyl sites for hydroxylation is 1. The van der Waals surface area contributed by atoms with E-state index in [4.69, 9.17) is 0 Å². The van der Waals surface area contributed by atoms with Crippen molar-refractivity contribution >= 4 is 37.3 Å². The Balaban J connectivity index is 0.00000110. The molecule has 19 heavy (non-hydrogen) atoms. The van der Waals surface area contributed by atoms with Crippen LogP contribution in [0, 0.1) is 6.92 Å². The largest absolute Gasteiger partial charge is 1.00 e. The summed E-state index contributed by atoms with van der Waals surface area (Å²) in [6, 6.07) is 19.5. The number of nitrogens with zero attached hydrogens (tertiary/aromatic N) is 1. The molecule has 0 atom stereocenters. The van der Waals surface area contributed by atoms with Gasteiger partial charge in [0.15, 0.2) is 0 Å². The second-order valence-electron chi connectivity index (χ2n) is 4.59. The molecule has 0 radical (unpaired) electrons. The van der Waals surface area contributed by atoms with Gasteiger partial charge in [-0.1, -0.05) is 35.6 Å². The smallest absolute Gasteiger partial charge is 0.268 e. The zero-order chi connectivity index (χ0) is 12.1. The fraction of sp³-hybridized carbons (Fsp3) is 0.0625. The van der Waals surface area contributed by atoms with Crippen LogP contribution in [0.5, 0.6) is 0 Å². The fourth-order valence-electron chi connectivity index (χ4n) is 2.63. The zero-order valence-corrected chi connectivity index (χ0v) is 12.0. The Kier molecular flexibility index (Phi) is 2.92. The average molecular weight is 286 g/mol. The van der Waals surface area contributed by atoms with Crippen LogP contribution in [0.1, 0.15) is 5.56 Å². The van der Waals surface area contributed by atoms with Crippen LogP contribution in [-0.4, -0.2) is 0 Å². The minimum Gasteiger partial charge on any atom is -1.00 e. The van der Waals surface area contributed by atoms with E-state index in [0.29, 0.717) is 0 Å². The molecule has 0 saturated carbocycles. The summed E-state index contributed by atoms with van der Waals surface area (Å²) in [5, 5.41) is 1.30. The summed E-state index contributed by atoms with van der Waals surface area (Å²) in [5.74, 6) is 0. The lowest BCUT2D eigenvalue weighted by Gasteiger charge is -1.97. The normalized spacial score (nSPS) is 11.0. The van der Waals surface area contributed by atoms with Gasteiger partial charge in [0.25, 0.3) is 4.83 Å². The van der Waals surface area contributed by atoms with E-state index in [9.17, 15) is 0 Å². The number of hydrogen-bond donors (Lipinski definition) is 0. The topological polar surface area (TPSA) is 4.10 Å². The molecule has 0 aliphatic carbocycles. The van der Waals surface area contributed by atoms with Gasteiger partial charge < -0.3 is 12.4 Å². The third-order valence-corrected chi connectivity index (χ3v) is 4.53. The Hall–Kier alpha value is -1.64. The van der Waals surface area contributed by atoms with Crippen LogP contribution in [0.25, 0.3) is 25.9 Å². The molecule has 0 unspecified atom stereocenters. The minimum absolute atomic E-state index is 0. The van der Waals surface area contributed by atoms with Crippen molar-refractivity contribution in [2.24, 2.45) is 0 Å². The number of halogens is 1. The van der Waals surface area contributed by atoms with E-state index in [-0.39, 0.29) is 12.4 Å². The van der Waals surface area contributed by atoms with Gasteiger partial charge in [-0.25, -0.2) is 0 Å². The number of hydrogen-bond acceptors (Lipinski definition) is 1. The van der Waals surface area contributed by atoms with Crippen LogP contribution in [0.4, 0.5) is 0 Å². The Morgan fingerprint density at radius 3 is 2.63 bits per heavy atom. The first-order valence-electron chi connectivity index (χ1n) is 6.06. The van der Waals surface area contributed by atoms with Crippen molar-refractivity contribution in [3.8, 4) is 0 Å². The highest BCUT2D eigenvalue weighted by molar-refractivity contribution is 7.23. The van der Waals surface area contributed by atoms with Gasteiger partial charge in [0, 0.05) is 23.1 Å². The van der Waals surface area contributed by atoms with Crippen LogP contribution in [0.3, 0.4) is 0 Å². The lowest BCUT2D eigenvalue weighted by molar-refractivity contribution is -0.446. The molecule has 94 valence electrons. The van der Waals surface area contributed by atoms with Crippen molar-refractivity contribution in [2.45, 2.75) is 6.92 Å². The molecule has 0 spiro atoms. The van der Waals surface area contributed by atoms with Crippen LogP contribution in [0.15, 0.2) is 54.6 Å². The average Bonchev–Trinajstić information content (AvgIpc) is 2.77. The predicted octanol–water partition coefficient (Wildman–Crippen LogP) is 1.11. The quantitative estimate of drug-likeness (QED) is 0.426. The molecule has 4 rings (SSSR count).